The molecule has 0 aliphatic heterocycles. The van der Waals surface area contributed by atoms with Crippen molar-refractivity contribution in [2.45, 2.75) is 53.0 Å². The molecule has 0 atom stereocenters. The smallest absolute Gasteiger partial charge is 0.297 e. The topological polar surface area (TPSA) is 60.9 Å². The fourth-order valence-corrected chi connectivity index (χ4v) is 3.83. The Balaban J connectivity index is 2.01. The van der Waals surface area contributed by atoms with E-state index < -0.39 is 0 Å². The summed E-state index contributed by atoms with van der Waals surface area (Å²) in [5, 5.41) is 0.939. The van der Waals surface area contributed by atoms with Crippen molar-refractivity contribution in [2.75, 3.05) is 0 Å². The van der Waals surface area contributed by atoms with Crippen LogP contribution in [0.4, 0.5) is 0 Å². The molecule has 0 spiro atoms. The van der Waals surface area contributed by atoms with E-state index in [4.69, 9.17) is 9.40 Å². The van der Waals surface area contributed by atoms with Crippen LogP contribution in [-0.2, 0) is 25.8 Å². The molecule has 0 saturated heterocycles. The number of furan rings is 1. The lowest BCUT2D eigenvalue weighted by atomic mass is 9.99. The number of aryl methyl sites for hydroxylation is 1. The van der Waals surface area contributed by atoms with Crippen LogP contribution in [0.15, 0.2) is 27.7 Å². The van der Waals surface area contributed by atoms with Gasteiger partial charge in [-0.3, -0.25) is 9.36 Å². The summed E-state index contributed by atoms with van der Waals surface area (Å²) in [5.74, 6) is 0.532. The average Bonchev–Trinajstić information content (AvgIpc) is 3.13. The summed E-state index contributed by atoms with van der Waals surface area (Å²) in [7, 11) is 0. The SMILES string of the molecule is C=C(C)Cn1cnc2c(oc3nc(CC(C)C)c4c(c32)CCC4)c1=O. The fourth-order valence-electron chi connectivity index (χ4n) is 3.83. The molecule has 0 unspecified atom stereocenters. The number of fused-ring (bicyclic) bond motifs is 5. The van der Waals surface area contributed by atoms with Crippen LogP contribution in [0.3, 0.4) is 0 Å². The predicted molar refractivity (Wildman–Crippen MR) is 99.0 cm³/mol. The highest BCUT2D eigenvalue weighted by molar-refractivity contribution is 6.03. The first-order valence-electron chi connectivity index (χ1n) is 8.92. The minimum atomic E-state index is -0.164. The lowest BCUT2D eigenvalue weighted by molar-refractivity contribution is 0.610. The summed E-state index contributed by atoms with van der Waals surface area (Å²) in [6.45, 7) is 10.6. The number of hydrogen-bond donors (Lipinski definition) is 0. The Morgan fingerprint density at radius 3 is 2.84 bits per heavy atom. The average molecular weight is 337 g/mol. The molecular weight excluding hydrogens is 314 g/mol. The van der Waals surface area contributed by atoms with E-state index in [0.29, 0.717) is 29.3 Å². The van der Waals surface area contributed by atoms with E-state index >= 15 is 0 Å². The first-order chi connectivity index (χ1) is 12.0. The van der Waals surface area contributed by atoms with E-state index in [1.807, 2.05) is 6.92 Å². The van der Waals surface area contributed by atoms with Crippen LogP contribution in [0, 0.1) is 5.92 Å². The molecule has 0 amide bonds. The van der Waals surface area contributed by atoms with E-state index in [-0.39, 0.29) is 5.56 Å². The molecule has 0 saturated carbocycles. The normalized spacial score (nSPS) is 13.9. The Hall–Kier alpha value is -2.43. The Labute approximate surface area is 146 Å². The molecule has 0 aromatic carbocycles. The van der Waals surface area contributed by atoms with Gasteiger partial charge >= 0.3 is 0 Å². The van der Waals surface area contributed by atoms with Crippen LogP contribution in [-0.4, -0.2) is 14.5 Å². The molecular formula is C20H23N3O2. The Kier molecular flexibility index (Phi) is 3.74. The van der Waals surface area contributed by atoms with Crippen LogP contribution in [0.5, 0.6) is 0 Å². The predicted octanol–water partition coefficient (Wildman–Crippen LogP) is 3.80. The summed E-state index contributed by atoms with van der Waals surface area (Å²) in [4.78, 5) is 22.1. The molecule has 1 aliphatic rings. The quantitative estimate of drug-likeness (QED) is 0.679. The Morgan fingerprint density at radius 2 is 2.12 bits per heavy atom. The maximum atomic E-state index is 12.8. The lowest BCUT2D eigenvalue weighted by Gasteiger charge is -2.10. The number of rotatable bonds is 4. The molecule has 4 rings (SSSR count). The van der Waals surface area contributed by atoms with Crippen molar-refractivity contribution in [2.24, 2.45) is 5.92 Å². The van der Waals surface area contributed by atoms with E-state index in [2.05, 4.69) is 25.4 Å². The van der Waals surface area contributed by atoms with Crippen LogP contribution >= 0.6 is 0 Å². The summed E-state index contributed by atoms with van der Waals surface area (Å²) in [5.41, 5.74) is 6.00. The Bertz CT molecular complexity index is 1060. The summed E-state index contributed by atoms with van der Waals surface area (Å²) < 4.78 is 7.46. The minimum absolute atomic E-state index is 0.164. The van der Waals surface area contributed by atoms with Crippen LogP contribution in [0.1, 0.15) is 44.0 Å². The molecule has 3 aromatic rings. The molecule has 3 aromatic heterocycles. The third-order valence-electron chi connectivity index (χ3n) is 4.79. The minimum Gasteiger partial charge on any atom is -0.430 e. The van der Waals surface area contributed by atoms with Gasteiger partial charge in [0, 0.05) is 12.2 Å². The van der Waals surface area contributed by atoms with Gasteiger partial charge in [-0.15, -0.1) is 0 Å². The highest BCUT2D eigenvalue weighted by atomic mass is 16.3. The van der Waals surface area contributed by atoms with E-state index in [9.17, 15) is 4.79 Å². The highest BCUT2D eigenvalue weighted by Crippen LogP contribution is 2.36. The first-order valence-corrected chi connectivity index (χ1v) is 8.92. The number of allylic oxidation sites excluding steroid dienone is 1. The standard InChI is InChI=1S/C20H23N3O2/c1-11(2)8-15-13-6-5-7-14(13)16-17-18(25-19(16)22-15)20(24)23(10-21-17)9-12(3)4/h10-11H,3,5-9H2,1-2,4H3. The van der Waals surface area contributed by atoms with Crippen molar-refractivity contribution in [3.8, 4) is 0 Å². The molecule has 0 fully saturated rings. The second-order valence-electron chi connectivity index (χ2n) is 7.56. The van der Waals surface area contributed by atoms with Crippen LogP contribution < -0.4 is 5.56 Å². The second-order valence-corrected chi connectivity index (χ2v) is 7.56. The molecule has 5 heteroatoms. The van der Waals surface area contributed by atoms with Gasteiger partial charge in [0.15, 0.2) is 0 Å². The second kappa shape index (κ2) is 5.83. The van der Waals surface area contributed by atoms with Gasteiger partial charge in [-0.1, -0.05) is 26.0 Å². The van der Waals surface area contributed by atoms with Crippen LogP contribution in [0.25, 0.3) is 22.2 Å². The first kappa shape index (κ1) is 16.1. The third kappa shape index (κ3) is 2.58. The fraction of sp³-hybridized carbons (Fsp3) is 0.450. The molecule has 1 aliphatic carbocycles. The monoisotopic (exact) mass is 337 g/mol. The zero-order valence-corrected chi connectivity index (χ0v) is 15.1. The van der Waals surface area contributed by atoms with Gasteiger partial charge in [-0.25, -0.2) is 9.97 Å². The van der Waals surface area contributed by atoms with Crippen molar-refractivity contribution in [1.82, 2.24) is 14.5 Å². The van der Waals surface area contributed by atoms with Gasteiger partial charge in [0.2, 0.25) is 11.3 Å². The van der Waals surface area contributed by atoms with Crippen molar-refractivity contribution >= 4 is 22.2 Å². The van der Waals surface area contributed by atoms with Crippen molar-refractivity contribution < 1.29 is 4.42 Å². The van der Waals surface area contributed by atoms with Gasteiger partial charge in [-0.2, -0.15) is 0 Å². The van der Waals surface area contributed by atoms with Gasteiger partial charge in [0.1, 0.15) is 5.52 Å². The maximum absolute atomic E-state index is 12.8. The number of hydrogen-bond acceptors (Lipinski definition) is 4. The molecule has 130 valence electrons. The third-order valence-corrected chi connectivity index (χ3v) is 4.79. The van der Waals surface area contributed by atoms with E-state index in [0.717, 1.165) is 42.3 Å². The molecule has 3 heterocycles. The van der Waals surface area contributed by atoms with Gasteiger partial charge < -0.3 is 4.42 Å². The number of pyridine rings is 1. The maximum Gasteiger partial charge on any atom is 0.297 e. The van der Waals surface area contributed by atoms with Gasteiger partial charge in [-0.05, 0) is 49.7 Å². The van der Waals surface area contributed by atoms with Crippen molar-refractivity contribution in [3.63, 3.8) is 0 Å². The highest BCUT2D eigenvalue weighted by Gasteiger charge is 2.25. The van der Waals surface area contributed by atoms with Gasteiger partial charge in [0.05, 0.1) is 11.7 Å². The molecule has 0 N–H and O–H groups in total. The zero-order valence-electron chi connectivity index (χ0n) is 15.1. The van der Waals surface area contributed by atoms with E-state index in [1.54, 1.807) is 10.9 Å². The van der Waals surface area contributed by atoms with Crippen molar-refractivity contribution in [1.29, 1.82) is 0 Å². The molecule has 5 nitrogen and oxygen atoms in total. The largest absolute Gasteiger partial charge is 0.430 e. The lowest BCUT2D eigenvalue weighted by Crippen LogP contribution is -2.20. The summed E-state index contributed by atoms with van der Waals surface area (Å²) >= 11 is 0. The van der Waals surface area contributed by atoms with Crippen molar-refractivity contribution in [3.05, 3.63) is 45.7 Å². The molecule has 25 heavy (non-hydrogen) atoms. The number of aromatic nitrogens is 3. The molecule has 0 bridgehead atoms. The summed E-state index contributed by atoms with van der Waals surface area (Å²) in [6.07, 6.45) is 5.71. The Morgan fingerprint density at radius 1 is 1.36 bits per heavy atom. The number of nitrogens with zero attached hydrogens (tertiary/aromatic N) is 3. The van der Waals surface area contributed by atoms with E-state index in [1.165, 1.54) is 11.1 Å². The van der Waals surface area contributed by atoms with Gasteiger partial charge in [0.25, 0.3) is 5.56 Å². The molecule has 0 radical (unpaired) electrons. The van der Waals surface area contributed by atoms with Crippen LogP contribution in [0.2, 0.25) is 0 Å². The zero-order chi connectivity index (χ0) is 17.7. The summed E-state index contributed by atoms with van der Waals surface area (Å²) in [6, 6.07) is 0.